The van der Waals surface area contributed by atoms with Crippen molar-refractivity contribution in [1.29, 1.82) is 0 Å². The van der Waals surface area contributed by atoms with E-state index in [9.17, 15) is 0 Å². The third-order valence-electron chi connectivity index (χ3n) is 3.46. The lowest BCUT2D eigenvalue weighted by atomic mass is 10.2. The van der Waals surface area contributed by atoms with Crippen LogP contribution in [0.5, 0.6) is 0 Å². The Balaban J connectivity index is 1.41. The molecule has 1 N–H and O–H groups in total. The second-order valence-electron chi connectivity index (χ2n) is 4.77. The highest BCUT2D eigenvalue weighted by Crippen LogP contribution is 2.08. The van der Waals surface area contributed by atoms with Crippen molar-refractivity contribution in [2.24, 2.45) is 0 Å². The molecule has 1 unspecified atom stereocenters. The van der Waals surface area contributed by atoms with Gasteiger partial charge in [-0.15, -0.1) is 0 Å². The van der Waals surface area contributed by atoms with E-state index in [4.69, 9.17) is 4.74 Å². The fourth-order valence-electron chi connectivity index (χ4n) is 2.47. The number of hydrogen-bond acceptors (Lipinski definition) is 3. The predicted octanol–water partition coefficient (Wildman–Crippen LogP) is 1.24. The number of likely N-dealkylation sites (tertiary alicyclic amines) is 1. The van der Waals surface area contributed by atoms with Gasteiger partial charge in [-0.05, 0) is 58.3 Å². The molecule has 0 saturated carbocycles. The van der Waals surface area contributed by atoms with Crippen LogP contribution in [0.2, 0.25) is 0 Å². The Morgan fingerprint density at radius 3 is 2.80 bits per heavy atom. The molecule has 2 fully saturated rings. The van der Waals surface area contributed by atoms with Crippen LogP contribution in [0.3, 0.4) is 0 Å². The summed E-state index contributed by atoms with van der Waals surface area (Å²) in [6, 6.07) is 0.636. The average Bonchev–Trinajstić information content (AvgIpc) is 2.88. The van der Waals surface area contributed by atoms with E-state index in [0.29, 0.717) is 6.04 Å². The van der Waals surface area contributed by atoms with Gasteiger partial charge in [-0.3, -0.25) is 0 Å². The minimum Gasteiger partial charge on any atom is -0.380 e. The summed E-state index contributed by atoms with van der Waals surface area (Å²) in [7, 11) is 0. The molecule has 0 radical (unpaired) electrons. The van der Waals surface area contributed by atoms with Crippen LogP contribution in [0.1, 0.15) is 32.1 Å². The molecule has 0 aliphatic carbocycles. The first-order valence-corrected chi connectivity index (χ1v) is 6.48. The van der Waals surface area contributed by atoms with E-state index in [-0.39, 0.29) is 0 Å². The summed E-state index contributed by atoms with van der Waals surface area (Å²) in [6.45, 7) is 7.02. The number of unbranched alkanes of at least 4 members (excludes halogenated alkanes) is 1. The molecule has 3 heteroatoms. The van der Waals surface area contributed by atoms with Gasteiger partial charge in [0.05, 0.1) is 6.61 Å². The molecule has 15 heavy (non-hydrogen) atoms. The summed E-state index contributed by atoms with van der Waals surface area (Å²) < 4.78 is 5.32. The number of hydrogen-bond donors (Lipinski definition) is 1. The topological polar surface area (TPSA) is 24.5 Å². The average molecular weight is 212 g/mol. The van der Waals surface area contributed by atoms with Crippen LogP contribution in [0.4, 0.5) is 0 Å². The molecule has 0 aromatic heterocycles. The highest BCUT2D eigenvalue weighted by Gasteiger charge is 2.14. The van der Waals surface area contributed by atoms with Gasteiger partial charge in [0.2, 0.25) is 0 Å². The van der Waals surface area contributed by atoms with E-state index in [1.54, 1.807) is 0 Å². The number of rotatable bonds is 6. The molecule has 2 aliphatic heterocycles. The molecule has 2 rings (SSSR count). The van der Waals surface area contributed by atoms with Crippen molar-refractivity contribution in [2.75, 3.05) is 39.4 Å². The number of ether oxygens (including phenoxy) is 1. The zero-order valence-corrected chi connectivity index (χ0v) is 9.71. The minimum absolute atomic E-state index is 0.636. The van der Waals surface area contributed by atoms with Gasteiger partial charge < -0.3 is 15.0 Å². The quantitative estimate of drug-likeness (QED) is 0.670. The Kier molecular flexibility index (Phi) is 4.90. The molecular formula is C12H24N2O. The third kappa shape index (κ3) is 4.09. The summed E-state index contributed by atoms with van der Waals surface area (Å²) in [6.07, 6.45) is 6.69. The Labute approximate surface area is 93.2 Å². The Bertz CT molecular complexity index is 145. The second-order valence-corrected chi connectivity index (χ2v) is 4.77. The minimum atomic E-state index is 0.636. The van der Waals surface area contributed by atoms with Gasteiger partial charge >= 0.3 is 0 Å². The number of nitrogens with zero attached hydrogens (tertiary/aromatic N) is 1. The first-order chi connectivity index (χ1) is 7.45. The molecule has 0 bridgehead atoms. The maximum atomic E-state index is 5.32. The van der Waals surface area contributed by atoms with Gasteiger partial charge in [-0.25, -0.2) is 0 Å². The van der Waals surface area contributed by atoms with Crippen molar-refractivity contribution >= 4 is 0 Å². The highest BCUT2D eigenvalue weighted by atomic mass is 16.5. The molecule has 2 saturated heterocycles. The molecule has 3 nitrogen and oxygen atoms in total. The van der Waals surface area contributed by atoms with Crippen LogP contribution in [0.25, 0.3) is 0 Å². The summed E-state index contributed by atoms with van der Waals surface area (Å²) in [5, 5.41) is 3.56. The smallest absolute Gasteiger partial charge is 0.0620 e. The standard InChI is InChI=1S/C12H24N2O/c1(2-7-14-8-3-4-9-14)6-13-12-5-10-15-11-12/h12-13H,1-11H2. The second kappa shape index (κ2) is 6.46. The monoisotopic (exact) mass is 212 g/mol. The van der Waals surface area contributed by atoms with Crippen LogP contribution < -0.4 is 5.32 Å². The van der Waals surface area contributed by atoms with Crippen molar-refractivity contribution in [3.63, 3.8) is 0 Å². The molecule has 0 aromatic rings. The van der Waals surface area contributed by atoms with Crippen LogP contribution >= 0.6 is 0 Å². The summed E-state index contributed by atoms with van der Waals surface area (Å²) in [5.74, 6) is 0. The van der Waals surface area contributed by atoms with Gasteiger partial charge in [0.25, 0.3) is 0 Å². The van der Waals surface area contributed by atoms with Crippen LogP contribution in [-0.4, -0.2) is 50.3 Å². The van der Waals surface area contributed by atoms with Crippen LogP contribution in [-0.2, 0) is 4.74 Å². The van der Waals surface area contributed by atoms with Gasteiger partial charge in [0.1, 0.15) is 0 Å². The molecule has 88 valence electrons. The highest BCUT2D eigenvalue weighted by molar-refractivity contribution is 4.71. The van der Waals surface area contributed by atoms with E-state index in [1.807, 2.05) is 0 Å². The van der Waals surface area contributed by atoms with Crippen molar-refractivity contribution in [3.8, 4) is 0 Å². The van der Waals surface area contributed by atoms with E-state index in [0.717, 1.165) is 13.2 Å². The molecule has 2 heterocycles. The van der Waals surface area contributed by atoms with E-state index in [2.05, 4.69) is 10.2 Å². The van der Waals surface area contributed by atoms with Gasteiger partial charge in [-0.2, -0.15) is 0 Å². The first kappa shape index (κ1) is 11.4. The molecule has 0 aromatic carbocycles. The molecule has 1 atom stereocenters. The lowest BCUT2D eigenvalue weighted by Crippen LogP contribution is -2.30. The number of nitrogens with one attached hydrogen (secondary N) is 1. The van der Waals surface area contributed by atoms with E-state index in [1.165, 1.54) is 58.3 Å². The molecule has 0 spiro atoms. The zero-order chi connectivity index (χ0) is 10.3. The maximum Gasteiger partial charge on any atom is 0.0620 e. The van der Waals surface area contributed by atoms with Crippen molar-refractivity contribution in [2.45, 2.75) is 38.1 Å². The first-order valence-electron chi connectivity index (χ1n) is 6.48. The summed E-state index contributed by atoms with van der Waals surface area (Å²) in [4.78, 5) is 2.60. The lowest BCUT2D eigenvalue weighted by Gasteiger charge is -2.15. The fourth-order valence-corrected chi connectivity index (χ4v) is 2.47. The van der Waals surface area contributed by atoms with Crippen LogP contribution in [0, 0.1) is 0 Å². The maximum absolute atomic E-state index is 5.32. The van der Waals surface area contributed by atoms with E-state index < -0.39 is 0 Å². The third-order valence-corrected chi connectivity index (χ3v) is 3.46. The molecule has 2 aliphatic rings. The SMILES string of the molecule is C(CCN1CCCC1)CNC1CCOC1. The van der Waals surface area contributed by atoms with Gasteiger partial charge in [0, 0.05) is 12.6 Å². The van der Waals surface area contributed by atoms with Crippen molar-refractivity contribution in [3.05, 3.63) is 0 Å². The lowest BCUT2D eigenvalue weighted by molar-refractivity contribution is 0.190. The molecular weight excluding hydrogens is 188 g/mol. The van der Waals surface area contributed by atoms with Crippen LogP contribution in [0.15, 0.2) is 0 Å². The zero-order valence-electron chi connectivity index (χ0n) is 9.71. The Hall–Kier alpha value is -0.120. The predicted molar refractivity (Wildman–Crippen MR) is 62.1 cm³/mol. The van der Waals surface area contributed by atoms with E-state index >= 15 is 0 Å². The van der Waals surface area contributed by atoms with Crippen molar-refractivity contribution < 1.29 is 4.74 Å². The largest absolute Gasteiger partial charge is 0.380 e. The fraction of sp³-hybridized carbons (Fsp3) is 1.00. The Morgan fingerprint density at radius 2 is 2.07 bits per heavy atom. The Morgan fingerprint density at radius 1 is 1.20 bits per heavy atom. The van der Waals surface area contributed by atoms with Gasteiger partial charge in [-0.1, -0.05) is 0 Å². The van der Waals surface area contributed by atoms with Gasteiger partial charge in [0.15, 0.2) is 0 Å². The molecule has 0 amide bonds. The summed E-state index contributed by atoms with van der Waals surface area (Å²) in [5.41, 5.74) is 0. The normalized spacial score (nSPS) is 27.6. The van der Waals surface area contributed by atoms with Crippen molar-refractivity contribution in [1.82, 2.24) is 10.2 Å². The summed E-state index contributed by atoms with van der Waals surface area (Å²) >= 11 is 0.